The zero-order valence-corrected chi connectivity index (χ0v) is 13.8. The van der Waals surface area contributed by atoms with E-state index in [1.165, 1.54) is 6.07 Å². The summed E-state index contributed by atoms with van der Waals surface area (Å²) in [6.45, 7) is 1.51. The van der Waals surface area contributed by atoms with E-state index in [-0.39, 0.29) is 5.82 Å². The molecule has 0 unspecified atom stereocenters. The van der Waals surface area contributed by atoms with Gasteiger partial charge >= 0.3 is 0 Å². The molecule has 23 heavy (non-hydrogen) atoms. The number of methoxy groups -OCH3 is 3. The molecule has 0 heterocycles. The van der Waals surface area contributed by atoms with Gasteiger partial charge in [0.25, 0.3) is 0 Å². The largest absolute Gasteiger partial charge is 0.496 e. The zero-order chi connectivity index (χ0) is 16.7. The highest BCUT2D eigenvalue weighted by molar-refractivity contribution is 5.50. The molecule has 2 aromatic rings. The van der Waals surface area contributed by atoms with Crippen molar-refractivity contribution in [2.75, 3.05) is 27.9 Å². The Kier molecular flexibility index (Phi) is 6.23. The van der Waals surface area contributed by atoms with E-state index in [9.17, 15) is 4.39 Å². The second kappa shape index (κ2) is 8.39. The molecule has 0 bridgehead atoms. The topological polar surface area (TPSA) is 44.3 Å². The number of benzene rings is 2. The molecule has 4 nitrogen and oxygen atoms in total. The van der Waals surface area contributed by atoms with Crippen LogP contribution in [-0.2, 0) is 13.0 Å². The van der Waals surface area contributed by atoms with Gasteiger partial charge in [-0.05, 0) is 17.7 Å². The van der Waals surface area contributed by atoms with Crippen molar-refractivity contribution in [3.63, 3.8) is 0 Å². The minimum Gasteiger partial charge on any atom is -0.496 e. The summed E-state index contributed by atoms with van der Waals surface area (Å²) in [4.78, 5) is 0. The van der Waals surface area contributed by atoms with Gasteiger partial charge in [-0.1, -0.05) is 18.2 Å². The van der Waals surface area contributed by atoms with Crippen LogP contribution < -0.4 is 19.5 Å². The van der Waals surface area contributed by atoms with E-state index in [2.05, 4.69) is 5.32 Å². The van der Waals surface area contributed by atoms with Crippen LogP contribution in [0.2, 0.25) is 0 Å². The highest BCUT2D eigenvalue weighted by Gasteiger charge is 2.13. The van der Waals surface area contributed by atoms with Crippen molar-refractivity contribution in [2.45, 2.75) is 13.0 Å². The van der Waals surface area contributed by atoms with Gasteiger partial charge in [0.05, 0.1) is 33.4 Å². The summed E-state index contributed by atoms with van der Waals surface area (Å²) in [6, 6.07) is 10.6. The fraction of sp³-hybridized carbons (Fsp3) is 0.333. The molecular formula is C18H23FNO3+. The highest BCUT2D eigenvalue weighted by Crippen LogP contribution is 2.34. The number of halogens is 1. The molecule has 0 aliphatic rings. The van der Waals surface area contributed by atoms with Crippen LogP contribution >= 0.6 is 0 Å². The number of hydrogen-bond acceptors (Lipinski definition) is 3. The molecule has 0 aliphatic heterocycles. The van der Waals surface area contributed by atoms with Crippen LogP contribution in [0.1, 0.15) is 11.1 Å². The molecular weight excluding hydrogens is 297 g/mol. The predicted molar refractivity (Wildman–Crippen MR) is 86.7 cm³/mol. The van der Waals surface area contributed by atoms with Gasteiger partial charge in [-0.25, -0.2) is 4.39 Å². The first-order valence-electron chi connectivity index (χ1n) is 7.53. The number of hydrogen-bond donors (Lipinski definition) is 1. The first-order chi connectivity index (χ1) is 11.2. The minimum atomic E-state index is -0.149. The average molecular weight is 320 g/mol. The summed E-state index contributed by atoms with van der Waals surface area (Å²) in [6.07, 6.45) is 0.683. The van der Waals surface area contributed by atoms with E-state index in [4.69, 9.17) is 14.2 Å². The van der Waals surface area contributed by atoms with E-state index >= 15 is 0 Å². The average Bonchev–Trinajstić information content (AvgIpc) is 2.59. The second-order valence-corrected chi connectivity index (χ2v) is 5.14. The maximum Gasteiger partial charge on any atom is 0.164 e. The van der Waals surface area contributed by atoms with Gasteiger partial charge in [0, 0.05) is 12.5 Å². The lowest BCUT2D eigenvalue weighted by molar-refractivity contribution is -0.670. The van der Waals surface area contributed by atoms with Gasteiger partial charge in [-0.3, -0.25) is 0 Å². The van der Waals surface area contributed by atoms with Crippen molar-refractivity contribution in [2.24, 2.45) is 0 Å². The van der Waals surface area contributed by atoms with Crippen LogP contribution in [0, 0.1) is 5.82 Å². The Hall–Kier alpha value is -2.27. The molecule has 0 radical (unpaired) electrons. The number of quaternary nitrogens is 1. The van der Waals surface area contributed by atoms with Gasteiger partial charge in [0.2, 0.25) is 0 Å². The number of nitrogens with two attached hydrogens (primary N) is 1. The van der Waals surface area contributed by atoms with Crippen molar-refractivity contribution in [1.29, 1.82) is 0 Å². The summed E-state index contributed by atoms with van der Waals surface area (Å²) in [7, 11) is 4.83. The van der Waals surface area contributed by atoms with Gasteiger partial charge < -0.3 is 19.5 Å². The second-order valence-electron chi connectivity index (χ2n) is 5.14. The molecule has 2 aromatic carbocycles. The normalized spacial score (nSPS) is 10.4. The monoisotopic (exact) mass is 320 g/mol. The van der Waals surface area contributed by atoms with Crippen molar-refractivity contribution < 1.29 is 23.9 Å². The van der Waals surface area contributed by atoms with Gasteiger partial charge in [0.15, 0.2) is 11.5 Å². The number of rotatable bonds is 8. The highest BCUT2D eigenvalue weighted by atomic mass is 19.1. The standard InChI is InChI=1S/C18H22FNO3/c1-21-16-11-18(23-3)17(22-2)10-14(16)12-20-9-8-13-6-4-5-7-15(13)19/h4-7,10-11,20H,8-9,12H2,1-3H3/p+1. The zero-order valence-electron chi connectivity index (χ0n) is 13.8. The van der Waals surface area contributed by atoms with E-state index in [1.807, 2.05) is 24.3 Å². The van der Waals surface area contributed by atoms with Gasteiger partial charge in [-0.2, -0.15) is 0 Å². The van der Waals surface area contributed by atoms with Crippen molar-refractivity contribution in [3.8, 4) is 17.2 Å². The van der Waals surface area contributed by atoms with Crippen LogP contribution in [-0.4, -0.2) is 27.9 Å². The molecule has 2 N–H and O–H groups in total. The molecule has 0 fully saturated rings. The third-order valence-electron chi connectivity index (χ3n) is 3.73. The quantitative estimate of drug-likeness (QED) is 0.758. The Balaban J connectivity index is 1.98. The lowest BCUT2D eigenvalue weighted by atomic mass is 10.1. The van der Waals surface area contributed by atoms with Crippen molar-refractivity contribution in [3.05, 3.63) is 53.3 Å². The fourth-order valence-electron chi connectivity index (χ4n) is 2.47. The molecule has 0 aromatic heterocycles. The predicted octanol–water partition coefficient (Wildman–Crippen LogP) is 2.16. The van der Waals surface area contributed by atoms with E-state index in [0.29, 0.717) is 17.9 Å². The molecule has 0 atom stereocenters. The third-order valence-corrected chi connectivity index (χ3v) is 3.73. The van der Waals surface area contributed by atoms with Crippen LogP contribution in [0.25, 0.3) is 0 Å². The van der Waals surface area contributed by atoms with Crippen LogP contribution in [0.15, 0.2) is 36.4 Å². The minimum absolute atomic E-state index is 0.149. The maximum atomic E-state index is 13.6. The van der Waals surface area contributed by atoms with Crippen LogP contribution in [0.5, 0.6) is 17.2 Å². The lowest BCUT2D eigenvalue weighted by Gasteiger charge is -2.13. The molecule has 0 aliphatic carbocycles. The van der Waals surface area contributed by atoms with Crippen molar-refractivity contribution >= 4 is 0 Å². The first kappa shape index (κ1) is 17.1. The molecule has 5 heteroatoms. The number of ether oxygens (including phenoxy) is 3. The van der Waals surface area contributed by atoms with Crippen LogP contribution in [0.4, 0.5) is 4.39 Å². The molecule has 0 saturated carbocycles. The molecule has 0 saturated heterocycles. The Labute approximate surface area is 136 Å². The van der Waals surface area contributed by atoms with E-state index in [1.54, 1.807) is 27.4 Å². The molecule has 0 spiro atoms. The maximum absolute atomic E-state index is 13.6. The Morgan fingerprint density at radius 1 is 0.870 bits per heavy atom. The summed E-state index contributed by atoms with van der Waals surface area (Å²) in [5.74, 6) is 1.92. The Morgan fingerprint density at radius 3 is 2.17 bits per heavy atom. The SMILES string of the molecule is COc1cc(OC)c(OC)cc1C[NH2+]CCc1ccccc1F. The molecule has 0 amide bonds. The van der Waals surface area contributed by atoms with Gasteiger partial charge in [-0.15, -0.1) is 0 Å². The van der Waals surface area contributed by atoms with Gasteiger partial charge in [0.1, 0.15) is 18.1 Å². The summed E-state index contributed by atoms with van der Waals surface area (Å²) < 4.78 is 29.6. The molecule has 124 valence electrons. The van der Waals surface area contributed by atoms with E-state index < -0.39 is 0 Å². The van der Waals surface area contributed by atoms with Crippen LogP contribution in [0.3, 0.4) is 0 Å². The van der Waals surface area contributed by atoms with Crippen molar-refractivity contribution in [1.82, 2.24) is 0 Å². The summed E-state index contributed by atoms with van der Waals surface area (Å²) in [5.41, 5.74) is 1.75. The first-order valence-corrected chi connectivity index (χ1v) is 7.53. The Bertz CT molecular complexity index is 646. The lowest BCUT2D eigenvalue weighted by Crippen LogP contribution is -2.83. The van der Waals surface area contributed by atoms with E-state index in [0.717, 1.165) is 30.0 Å². The smallest absolute Gasteiger partial charge is 0.164 e. The molecule has 2 rings (SSSR count). The Morgan fingerprint density at radius 2 is 1.52 bits per heavy atom. The summed E-state index contributed by atoms with van der Waals surface area (Å²) >= 11 is 0. The summed E-state index contributed by atoms with van der Waals surface area (Å²) in [5, 5.41) is 2.12. The third kappa shape index (κ3) is 4.36. The fourth-order valence-corrected chi connectivity index (χ4v) is 2.47.